The summed E-state index contributed by atoms with van der Waals surface area (Å²) in [5.41, 5.74) is 0.930. The van der Waals surface area contributed by atoms with Gasteiger partial charge >= 0.3 is 0 Å². The van der Waals surface area contributed by atoms with Crippen molar-refractivity contribution in [1.29, 1.82) is 0 Å². The topological polar surface area (TPSA) is 26.0 Å². The van der Waals surface area contributed by atoms with Crippen molar-refractivity contribution in [2.24, 2.45) is 0 Å². The molecule has 1 aromatic heterocycles. The average Bonchev–Trinajstić information content (AvgIpc) is 2.70. The number of hydrogen-bond acceptors (Lipinski definition) is 3. The van der Waals surface area contributed by atoms with Crippen molar-refractivity contribution >= 4 is 16.7 Å². The summed E-state index contributed by atoms with van der Waals surface area (Å²) in [7, 11) is 0. The van der Waals surface area contributed by atoms with Crippen molar-refractivity contribution < 1.29 is 4.52 Å². The fourth-order valence-corrected chi connectivity index (χ4v) is 1.47. The second-order valence-corrected chi connectivity index (χ2v) is 2.91. The van der Waals surface area contributed by atoms with Gasteiger partial charge < -0.3 is 4.52 Å². The van der Waals surface area contributed by atoms with Crippen LogP contribution in [-0.2, 0) is 0 Å². The molecule has 0 fully saturated rings. The Morgan fingerprint density at radius 3 is 2.69 bits per heavy atom. The van der Waals surface area contributed by atoms with E-state index in [0.29, 0.717) is 0 Å². The van der Waals surface area contributed by atoms with Gasteiger partial charge in [0.1, 0.15) is 12.0 Å². The number of aromatic nitrogens is 1. The smallest absolute Gasteiger partial charge is 0.124 e. The third-order valence-corrected chi connectivity index (χ3v) is 2.12. The minimum absolute atomic E-state index is 0.930. The maximum absolute atomic E-state index is 4.74. The van der Waals surface area contributed by atoms with Crippen molar-refractivity contribution in [3.8, 4) is 0 Å². The molecule has 0 saturated carbocycles. The predicted octanol–water partition coefficient (Wildman–Crippen LogP) is 3.81. The number of allylic oxidation sites excluding steroid dienone is 1. The number of hydrogen-bond donors (Lipinski definition) is 0. The van der Waals surface area contributed by atoms with Crippen LogP contribution in [0.25, 0.3) is 4.91 Å². The summed E-state index contributed by atoms with van der Waals surface area (Å²) in [6, 6.07) is 1.87. The summed E-state index contributed by atoms with van der Waals surface area (Å²) >= 11 is 1.69. The molecule has 0 aromatic carbocycles. The Bertz CT molecular complexity index is 229. The number of thioether (sulfide) groups is 1. The minimum Gasteiger partial charge on any atom is -0.364 e. The fourth-order valence-electron chi connectivity index (χ4n) is 0.818. The van der Waals surface area contributed by atoms with Gasteiger partial charge in [0.15, 0.2) is 0 Å². The van der Waals surface area contributed by atoms with E-state index < -0.39 is 0 Å². The van der Waals surface area contributed by atoms with Crippen LogP contribution in [0.1, 0.15) is 32.9 Å². The quantitative estimate of drug-likeness (QED) is 0.740. The van der Waals surface area contributed by atoms with Crippen molar-refractivity contribution in [3.63, 3.8) is 0 Å². The minimum atomic E-state index is 0.930. The molecule has 0 spiro atoms. The van der Waals surface area contributed by atoms with Crippen LogP contribution >= 0.6 is 11.8 Å². The van der Waals surface area contributed by atoms with E-state index >= 15 is 0 Å². The van der Waals surface area contributed by atoms with Crippen LogP contribution in [0.3, 0.4) is 0 Å². The number of rotatable bonds is 3. The molecule has 0 N–H and O–H groups in total. The molecule has 0 radical (unpaired) electrons. The van der Waals surface area contributed by atoms with Gasteiger partial charge in [-0.15, -0.1) is 11.8 Å². The zero-order valence-electron chi connectivity index (χ0n) is 8.70. The summed E-state index contributed by atoms with van der Waals surface area (Å²) in [5.74, 6) is 0. The Hall–Kier alpha value is -0.700. The van der Waals surface area contributed by atoms with E-state index in [1.807, 2.05) is 26.2 Å². The molecule has 0 aliphatic rings. The first-order chi connectivity index (χ1) is 6.38. The first-order valence-electron chi connectivity index (χ1n) is 4.53. The van der Waals surface area contributed by atoms with Crippen LogP contribution < -0.4 is 0 Å². The molecule has 0 unspecified atom stereocenters. The van der Waals surface area contributed by atoms with Gasteiger partial charge in [-0.2, -0.15) is 0 Å². The van der Waals surface area contributed by atoms with Gasteiger partial charge in [-0.25, -0.2) is 0 Å². The van der Waals surface area contributed by atoms with E-state index in [4.69, 9.17) is 4.52 Å². The summed E-state index contributed by atoms with van der Waals surface area (Å²) in [6.45, 7) is 6.11. The lowest BCUT2D eigenvalue weighted by Crippen LogP contribution is -1.77. The summed E-state index contributed by atoms with van der Waals surface area (Å²) in [5, 5.41) is 3.84. The highest BCUT2D eigenvalue weighted by atomic mass is 32.2. The maximum atomic E-state index is 4.74. The lowest BCUT2D eigenvalue weighted by Gasteiger charge is -1.95. The molecule has 13 heavy (non-hydrogen) atoms. The Morgan fingerprint density at radius 1 is 1.62 bits per heavy atom. The van der Waals surface area contributed by atoms with E-state index in [9.17, 15) is 0 Å². The third-order valence-electron chi connectivity index (χ3n) is 1.30. The van der Waals surface area contributed by atoms with E-state index in [2.05, 4.69) is 18.2 Å². The molecule has 0 amide bonds. The third kappa shape index (κ3) is 4.18. The molecule has 74 valence electrons. The average molecular weight is 199 g/mol. The highest BCUT2D eigenvalue weighted by Gasteiger charge is 2.00. The lowest BCUT2D eigenvalue weighted by molar-refractivity contribution is 0.418. The van der Waals surface area contributed by atoms with Gasteiger partial charge in [-0.05, 0) is 12.7 Å². The van der Waals surface area contributed by atoms with E-state index in [0.717, 1.165) is 12.1 Å². The molecule has 0 atom stereocenters. The van der Waals surface area contributed by atoms with E-state index in [-0.39, 0.29) is 0 Å². The first-order valence-corrected chi connectivity index (χ1v) is 5.76. The highest BCUT2D eigenvalue weighted by Crippen LogP contribution is 2.23. The second kappa shape index (κ2) is 7.92. The van der Waals surface area contributed by atoms with Gasteiger partial charge in [0.2, 0.25) is 0 Å². The van der Waals surface area contributed by atoms with Gasteiger partial charge in [-0.3, -0.25) is 0 Å². The normalized spacial score (nSPS) is 10.6. The van der Waals surface area contributed by atoms with Crippen LogP contribution in [0.5, 0.6) is 0 Å². The monoisotopic (exact) mass is 199 g/mol. The standard InChI is InChI=1S/C8H11NOS.C2H6/c1-3-4-8(11-2)7-5-6-10-9-7;1-2/h4-6H,3H2,1-2H3;1-2H3/b8-4-;. The summed E-state index contributed by atoms with van der Waals surface area (Å²) in [6.07, 6.45) is 6.80. The van der Waals surface area contributed by atoms with Crippen LogP contribution in [0, 0.1) is 0 Å². The summed E-state index contributed by atoms with van der Waals surface area (Å²) in [4.78, 5) is 1.18. The highest BCUT2D eigenvalue weighted by molar-refractivity contribution is 8.07. The molecule has 0 aliphatic carbocycles. The molecule has 1 rings (SSSR count). The molecular formula is C10H17NOS. The molecule has 2 nitrogen and oxygen atoms in total. The lowest BCUT2D eigenvalue weighted by atomic mass is 10.3. The van der Waals surface area contributed by atoms with Gasteiger partial charge in [0.25, 0.3) is 0 Å². The SMILES string of the molecule is CC.CC/C=C(\SC)c1ccon1. The van der Waals surface area contributed by atoms with Gasteiger partial charge in [-0.1, -0.05) is 32.0 Å². The van der Waals surface area contributed by atoms with Crippen LogP contribution in [0.4, 0.5) is 0 Å². The van der Waals surface area contributed by atoms with Crippen LogP contribution in [0.2, 0.25) is 0 Å². The van der Waals surface area contributed by atoms with Crippen molar-refractivity contribution in [1.82, 2.24) is 5.16 Å². The second-order valence-electron chi connectivity index (χ2n) is 2.07. The van der Waals surface area contributed by atoms with Crippen molar-refractivity contribution in [2.75, 3.05) is 6.26 Å². The molecule has 1 heterocycles. The molecule has 0 saturated heterocycles. The Labute approximate surface area is 84.4 Å². The van der Waals surface area contributed by atoms with E-state index in [1.165, 1.54) is 4.91 Å². The van der Waals surface area contributed by atoms with Crippen molar-refractivity contribution in [2.45, 2.75) is 27.2 Å². The largest absolute Gasteiger partial charge is 0.364 e. The Kier molecular flexibility index (Phi) is 7.50. The van der Waals surface area contributed by atoms with E-state index in [1.54, 1.807) is 18.0 Å². The molecule has 0 aliphatic heterocycles. The fraction of sp³-hybridized carbons (Fsp3) is 0.500. The summed E-state index contributed by atoms with van der Waals surface area (Å²) < 4.78 is 4.74. The molecule has 1 aromatic rings. The van der Waals surface area contributed by atoms with Crippen LogP contribution in [-0.4, -0.2) is 11.4 Å². The zero-order chi connectivity index (χ0) is 10.1. The molecular weight excluding hydrogens is 182 g/mol. The maximum Gasteiger partial charge on any atom is 0.124 e. The first kappa shape index (κ1) is 12.3. The van der Waals surface area contributed by atoms with Crippen LogP contribution in [0.15, 0.2) is 22.9 Å². The Balaban J connectivity index is 0.000000671. The molecule has 3 heteroatoms. The molecule has 0 bridgehead atoms. The van der Waals surface area contributed by atoms with Crippen molar-refractivity contribution in [3.05, 3.63) is 24.1 Å². The number of nitrogens with zero attached hydrogens (tertiary/aromatic N) is 1. The predicted molar refractivity (Wildman–Crippen MR) is 59.6 cm³/mol. The van der Waals surface area contributed by atoms with Gasteiger partial charge in [0.05, 0.1) is 0 Å². The Morgan fingerprint density at radius 2 is 2.31 bits per heavy atom. The van der Waals surface area contributed by atoms with Gasteiger partial charge in [0, 0.05) is 11.0 Å². The zero-order valence-corrected chi connectivity index (χ0v) is 9.52.